The van der Waals surface area contributed by atoms with Crippen LogP contribution in [0.25, 0.3) is 0 Å². The fraction of sp³-hybridized carbons (Fsp3) is 0.400. The zero-order valence-corrected chi connectivity index (χ0v) is 16.2. The van der Waals surface area contributed by atoms with Crippen LogP contribution in [0.5, 0.6) is 11.5 Å². The SMILES string of the molecule is COc1ccc(NC(=O)c2ccnc(NCCN3CCOCC3)c2)cc1OC. The monoisotopic (exact) mass is 386 g/mol. The second-order valence-electron chi connectivity index (χ2n) is 6.33. The Balaban J connectivity index is 1.57. The number of carbonyl (C=O) groups excluding carboxylic acids is 1. The number of pyridine rings is 1. The maximum Gasteiger partial charge on any atom is 0.255 e. The number of nitrogens with zero attached hydrogens (tertiary/aromatic N) is 2. The van der Waals surface area contributed by atoms with Gasteiger partial charge >= 0.3 is 0 Å². The van der Waals surface area contributed by atoms with Crippen LogP contribution in [0, 0.1) is 0 Å². The summed E-state index contributed by atoms with van der Waals surface area (Å²) in [6.45, 7) is 5.13. The van der Waals surface area contributed by atoms with Gasteiger partial charge in [-0.1, -0.05) is 0 Å². The van der Waals surface area contributed by atoms with Crippen LogP contribution in [0.3, 0.4) is 0 Å². The molecule has 2 heterocycles. The fourth-order valence-electron chi connectivity index (χ4n) is 2.95. The molecule has 8 heteroatoms. The van der Waals surface area contributed by atoms with Crippen molar-refractivity contribution in [3.05, 3.63) is 42.1 Å². The molecule has 0 bridgehead atoms. The molecule has 150 valence electrons. The summed E-state index contributed by atoms with van der Waals surface area (Å²) < 4.78 is 15.8. The molecule has 0 aliphatic carbocycles. The molecule has 1 aromatic carbocycles. The Labute approximate surface area is 164 Å². The van der Waals surface area contributed by atoms with Crippen molar-refractivity contribution in [3.63, 3.8) is 0 Å². The van der Waals surface area contributed by atoms with Gasteiger partial charge in [-0.05, 0) is 24.3 Å². The molecule has 2 N–H and O–H groups in total. The van der Waals surface area contributed by atoms with E-state index in [1.165, 1.54) is 0 Å². The lowest BCUT2D eigenvalue weighted by atomic mass is 10.2. The number of methoxy groups -OCH3 is 2. The molecule has 2 aromatic rings. The van der Waals surface area contributed by atoms with Crippen molar-refractivity contribution in [2.45, 2.75) is 0 Å². The van der Waals surface area contributed by atoms with E-state index in [1.807, 2.05) is 0 Å². The minimum absolute atomic E-state index is 0.217. The van der Waals surface area contributed by atoms with Gasteiger partial charge in [0.2, 0.25) is 0 Å². The van der Waals surface area contributed by atoms with E-state index in [9.17, 15) is 4.79 Å². The lowest BCUT2D eigenvalue weighted by Gasteiger charge is -2.26. The predicted molar refractivity (Wildman–Crippen MR) is 107 cm³/mol. The first kappa shape index (κ1) is 19.9. The van der Waals surface area contributed by atoms with Crippen LogP contribution >= 0.6 is 0 Å². The summed E-state index contributed by atoms with van der Waals surface area (Å²) >= 11 is 0. The molecule has 1 aromatic heterocycles. The number of carbonyl (C=O) groups is 1. The summed E-state index contributed by atoms with van der Waals surface area (Å²) in [5, 5.41) is 6.14. The highest BCUT2D eigenvalue weighted by molar-refractivity contribution is 6.04. The van der Waals surface area contributed by atoms with E-state index < -0.39 is 0 Å². The Morgan fingerprint density at radius 1 is 1.14 bits per heavy atom. The second-order valence-corrected chi connectivity index (χ2v) is 6.33. The van der Waals surface area contributed by atoms with Crippen LogP contribution in [0.1, 0.15) is 10.4 Å². The third-order valence-corrected chi connectivity index (χ3v) is 4.50. The number of hydrogen-bond acceptors (Lipinski definition) is 7. The van der Waals surface area contributed by atoms with Crippen LogP contribution in [0.4, 0.5) is 11.5 Å². The van der Waals surface area contributed by atoms with E-state index >= 15 is 0 Å². The minimum Gasteiger partial charge on any atom is -0.493 e. The first-order valence-electron chi connectivity index (χ1n) is 9.23. The van der Waals surface area contributed by atoms with Crippen LogP contribution in [-0.4, -0.2) is 69.4 Å². The minimum atomic E-state index is -0.217. The second kappa shape index (κ2) is 9.91. The van der Waals surface area contributed by atoms with Crippen molar-refractivity contribution in [2.75, 3.05) is 64.2 Å². The van der Waals surface area contributed by atoms with Crippen molar-refractivity contribution >= 4 is 17.4 Å². The zero-order chi connectivity index (χ0) is 19.8. The first-order valence-corrected chi connectivity index (χ1v) is 9.23. The Bertz CT molecular complexity index is 794. The number of ether oxygens (including phenoxy) is 3. The molecule has 0 atom stereocenters. The molecule has 1 aliphatic rings. The molecular formula is C20H26N4O4. The van der Waals surface area contributed by atoms with Crippen molar-refractivity contribution < 1.29 is 19.0 Å². The number of rotatable bonds is 8. The maximum atomic E-state index is 12.6. The standard InChI is InChI=1S/C20H26N4O4/c1-26-17-4-3-16(14-18(17)27-2)23-20(25)15-5-6-21-19(13-15)22-7-8-24-9-11-28-12-10-24/h3-6,13-14H,7-12H2,1-2H3,(H,21,22)(H,23,25). The molecule has 1 amide bonds. The quantitative estimate of drug-likeness (QED) is 0.719. The number of morpholine rings is 1. The molecule has 3 rings (SSSR count). The third kappa shape index (κ3) is 5.34. The molecule has 0 unspecified atom stereocenters. The summed E-state index contributed by atoms with van der Waals surface area (Å²) in [4.78, 5) is 19.2. The Kier molecular flexibility index (Phi) is 7.05. The number of anilines is 2. The summed E-state index contributed by atoms with van der Waals surface area (Å²) in [6.07, 6.45) is 1.63. The molecule has 28 heavy (non-hydrogen) atoms. The van der Waals surface area contributed by atoms with Gasteiger partial charge in [-0.15, -0.1) is 0 Å². The third-order valence-electron chi connectivity index (χ3n) is 4.50. The largest absolute Gasteiger partial charge is 0.493 e. The van der Waals surface area contributed by atoms with Gasteiger partial charge in [-0.2, -0.15) is 0 Å². The molecule has 8 nitrogen and oxygen atoms in total. The smallest absolute Gasteiger partial charge is 0.255 e. The van der Waals surface area contributed by atoms with Gasteiger partial charge in [-0.3, -0.25) is 9.69 Å². The van der Waals surface area contributed by atoms with Crippen LogP contribution in [-0.2, 0) is 4.74 Å². The summed E-state index contributed by atoms with van der Waals surface area (Å²) in [5.41, 5.74) is 1.15. The highest BCUT2D eigenvalue weighted by Gasteiger charge is 2.12. The van der Waals surface area contributed by atoms with Gasteiger partial charge in [0.05, 0.1) is 27.4 Å². The van der Waals surface area contributed by atoms with Gasteiger partial charge < -0.3 is 24.8 Å². The molecule has 0 spiro atoms. The number of nitrogens with one attached hydrogen (secondary N) is 2. The van der Waals surface area contributed by atoms with E-state index in [2.05, 4.69) is 20.5 Å². The normalized spacial score (nSPS) is 14.4. The van der Waals surface area contributed by atoms with E-state index in [-0.39, 0.29) is 5.91 Å². The number of aromatic nitrogens is 1. The summed E-state index contributed by atoms with van der Waals surface area (Å²) in [5.74, 6) is 1.62. The molecule has 0 saturated carbocycles. The number of amides is 1. The molecule has 1 aliphatic heterocycles. The van der Waals surface area contributed by atoms with Gasteiger partial charge in [0.25, 0.3) is 5.91 Å². The van der Waals surface area contributed by atoms with Crippen LogP contribution < -0.4 is 20.1 Å². The van der Waals surface area contributed by atoms with Gasteiger partial charge in [0.15, 0.2) is 11.5 Å². The lowest BCUT2D eigenvalue weighted by molar-refractivity contribution is 0.0398. The first-order chi connectivity index (χ1) is 13.7. The van der Waals surface area contributed by atoms with Crippen LogP contribution in [0.15, 0.2) is 36.5 Å². The Morgan fingerprint density at radius 3 is 2.68 bits per heavy atom. The fourth-order valence-corrected chi connectivity index (χ4v) is 2.95. The summed E-state index contributed by atoms with van der Waals surface area (Å²) in [6, 6.07) is 8.67. The summed E-state index contributed by atoms with van der Waals surface area (Å²) in [7, 11) is 3.13. The lowest BCUT2D eigenvalue weighted by Crippen LogP contribution is -2.39. The van der Waals surface area contributed by atoms with Crippen molar-refractivity contribution in [3.8, 4) is 11.5 Å². The maximum absolute atomic E-state index is 12.6. The van der Waals surface area contributed by atoms with Crippen LogP contribution in [0.2, 0.25) is 0 Å². The highest BCUT2D eigenvalue weighted by atomic mass is 16.5. The zero-order valence-electron chi connectivity index (χ0n) is 16.2. The Hall–Kier alpha value is -2.84. The van der Waals surface area contributed by atoms with E-state index in [4.69, 9.17) is 14.2 Å². The number of benzene rings is 1. The molecule has 1 fully saturated rings. The molecular weight excluding hydrogens is 360 g/mol. The number of hydrogen-bond donors (Lipinski definition) is 2. The van der Waals surface area contributed by atoms with Gasteiger partial charge in [-0.25, -0.2) is 4.98 Å². The van der Waals surface area contributed by atoms with Crippen molar-refractivity contribution in [1.29, 1.82) is 0 Å². The topological polar surface area (TPSA) is 85.0 Å². The van der Waals surface area contributed by atoms with E-state index in [0.29, 0.717) is 28.6 Å². The molecule has 0 radical (unpaired) electrons. The van der Waals surface area contributed by atoms with Crippen molar-refractivity contribution in [1.82, 2.24) is 9.88 Å². The highest BCUT2D eigenvalue weighted by Crippen LogP contribution is 2.29. The van der Waals surface area contributed by atoms with Gasteiger partial charge in [0, 0.05) is 49.7 Å². The molecule has 1 saturated heterocycles. The Morgan fingerprint density at radius 2 is 1.93 bits per heavy atom. The predicted octanol–water partition coefficient (Wildman–Crippen LogP) is 2.10. The average Bonchev–Trinajstić information content (AvgIpc) is 2.74. The van der Waals surface area contributed by atoms with Crippen molar-refractivity contribution in [2.24, 2.45) is 0 Å². The van der Waals surface area contributed by atoms with E-state index in [0.717, 1.165) is 39.4 Å². The average molecular weight is 386 g/mol. The van der Waals surface area contributed by atoms with E-state index in [1.54, 1.807) is 50.7 Å². The van der Waals surface area contributed by atoms with Gasteiger partial charge in [0.1, 0.15) is 5.82 Å².